The molecule has 4 rings (SSSR count). The minimum atomic E-state index is -0.379. The van der Waals surface area contributed by atoms with E-state index in [0.717, 1.165) is 16.4 Å². The molecular weight excluding hydrogens is 431 g/mol. The molecule has 0 radical (unpaired) electrons. The van der Waals surface area contributed by atoms with Gasteiger partial charge in [0.05, 0.1) is 9.99 Å². The van der Waals surface area contributed by atoms with Crippen molar-refractivity contribution in [3.05, 3.63) is 55.7 Å². The summed E-state index contributed by atoms with van der Waals surface area (Å²) < 4.78 is 16.7. The molecule has 146 valence electrons. The molecule has 0 unspecified atom stereocenters. The third-order valence-corrected chi connectivity index (χ3v) is 5.64. The topological polar surface area (TPSA) is 85.1 Å². The monoisotopic (exact) mass is 448 g/mol. The number of hydrogen-bond acceptors (Lipinski definition) is 6. The van der Waals surface area contributed by atoms with E-state index in [-0.39, 0.29) is 23.1 Å². The molecule has 10 heteroatoms. The Morgan fingerprint density at radius 3 is 2.75 bits per heavy atom. The average molecular weight is 449 g/mol. The molecule has 0 saturated carbocycles. The SMILES string of the molecule is Cn1c(N2CC[C@@H](Nc3ncnc4cc(F)c(Br)cc34)C2)cc(=O)n(C)c1=O. The molecule has 3 heterocycles. The van der Waals surface area contributed by atoms with Gasteiger partial charge in [0.1, 0.15) is 23.8 Å². The molecular formula is C18H18BrFN6O2. The van der Waals surface area contributed by atoms with Crippen LogP contribution in [-0.4, -0.2) is 38.2 Å². The van der Waals surface area contributed by atoms with E-state index in [1.165, 1.54) is 30.1 Å². The summed E-state index contributed by atoms with van der Waals surface area (Å²) in [7, 11) is 3.12. The standard InChI is InChI=1S/C18H18BrFN6O2/c1-24-15(7-16(27)25(2)18(24)28)26-4-3-10(8-26)23-17-11-5-12(19)13(20)6-14(11)21-9-22-17/h5-7,9-10H,3-4,8H2,1-2H3,(H,21,22,23)/t10-/m1/s1. The van der Waals surface area contributed by atoms with Crippen LogP contribution in [0.25, 0.3) is 10.9 Å². The number of halogens is 2. The van der Waals surface area contributed by atoms with Gasteiger partial charge in [-0.1, -0.05) is 0 Å². The summed E-state index contributed by atoms with van der Waals surface area (Å²) >= 11 is 3.20. The number of rotatable bonds is 3. The first-order chi connectivity index (χ1) is 13.3. The fourth-order valence-corrected chi connectivity index (χ4v) is 3.81. The Bertz CT molecular complexity index is 1190. The van der Waals surface area contributed by atoms with Gasteiger partial charge in [0.15, 0.2) is 0 Å². The minimum Gasteiger partial charge on any atom is -0.365 e. The van der Waals surface area contributed by atoms with Gasteiger partial charge in [0.25, 0.3) is 5.56 Å². The van der Waals surface area contributed by atoms with E-state index in [4.69, 9.17) is 0 Å². The number of nitrogens with zero attached hydrogens (tertiary/aromatic N) is 5. The van der Waals surface area contributed by atoms with Crippen LogP contribution in [0.5, 0.6) is 0 Å². The first-order valence-electron chi connectivity index (χ1n) is 8.73. The zero-order chi connectivity index (χ0) is 20.0. The molecule has 1 aromatic carbocycles. The van der Waals surface area contributed by atoms with E-state index in [1.54, 1.807) is 13.1 Å². The van der Waals surface area contributed by atoms with E-state index in [2.05, 4.69) is 31.2 Å². The van der Waals surface area contributed by atoms with Crippen molar-refractivity contribution in [1.29, 1.82) is 0 Å². The van der Waals surface area contributed by atoms with Gasteiger partial charge in [-0.3, -0.25) is 13.9 Å². The summed E-state index contributed by atoms with van der Waals surface area (Å²) in [4.78, 5) is 34.6. The van der Waals surface area contributed by atoms with Crippen LogP contribution in [0.3, 0.4) is 0 Å². The third kappa shape index (κ3) is 3.17. The van der Waals surface area contributed by atoms with Crippen LogP contribution in [0.15, 0.2) is 38.6 Å². The van der Waals surface area contributed by atoms with Crippen molar-refractivity contribution in [1.82, 2.24) is 19.1 Å². The van der Waals surface area contributed by atoms with Crippen molar-refractivity contribution >= 4 is 38.5 Å². The van der Waals surface area contributed by atoms with Crippen LogP contribution in [0.1, 0.15) is 6.42 Å². The largest absolute Gasteiger partial charge is 0.365 e. The van der Waals surface area contributed by atoms with Gasteiger partial charge in [-0.15, -0.1) is 0 Å². The van der Waals surface area contributed by atoms with Crippen molar-refractivity contribution in [3.8, 4) is 0 Å². The number of hydrogen-bond donors (Lipinski definition) is 1. The normalized spacial score (nSPS) is 16.7. The molecule has 1 aliphatic rings. The highest BCUT2D eigenvalue weighted by Gasteiger charge is 2.26. The van der Waals surface area contributed by atoms with Crippen molar-refractivity contribution in [2.75, 3.05) is 23.3 Å². The lowest BCUT2D eigenvalue weighted by Gasteiger charge is -2.22. The summed E-state index contributed by atoms with van der Waals surface area (Å²) in [6.07, 6.45) is 2.20. The van der Waals surface area contributed by atoms with Crippen LogP contribution < -0.4 is 21.5 Å². The quantitative estimate of drug-likeness (QED) is 0.655. The van der Waals surface area contributed by atoms with Gasteiger partial charge in [-0.2, -0.15) is 0 Å². The Labute approximate surface area is 167 Å². The Kier molecular flexibility index (Phi) is 4.66. The van der Waals surface area contributed by atoms with Crippen LogP contribution >= 0.6 is 15.9 Å². The zero-order valence-electron chi connectivity index (χ0n) is 15.3. The predicted molar refractivity (Wildman–Crippen MR) is 108 cm³/mol. The molecule has 0 spiro atoms. The molecule has 1 atom stereocenters. The molecule has 2 aromatic heterocycles. The van der Waals surface area contributed by atoms with E-state index >= 15 is 0 Å². The van der Waals surface area contributed by atoms with Gasteiger partial charge < -0.3 is 10.2 Å². The van der Waals surface area contributed by atoms with Gasteiger partial charge in [0.2, 0.25) is 0 Å². The molecule has 8 nitrogen and oxygen atoms in total. The van der Waals surface area contributed by atoms with Gasteiger partial charge in [-0.05, 0) is 28.4 Å². The second-order valence-corrected chi connectivity index (χ2v) is 7.68. The van der Waals surface area contributed by atoms with Gasteiger partial charge in [-0.25, -0.2) is 19.2 Å². The van der Waals surface area contributed by atoms with Crippen LogP contribution in [0, 0.1) is 5.82 Å². The molecule has 28 heavy (non-hydrogen) atoms. The summed E-state index contributed by atoms with van der Waals surface area (Å²) in [6, 6.07) is 4.55. The number of nitrogens with one attached hydrogen (secondary N) is 1. The lowest BCUT2D eigenvalue weighted by molar-refractivity contribution is 0.622. The number of fused-ring (bicyclic) bond motifs is 1. The molecule has 0 aliphatic carbocycles. The Morgan fingerprint density at radius 2 is 1.96 bits per heavy atom. The third-order valence-electron chi connectivity index (χ3n) is 5.03. The molecule has 0 amide bonds. The van der Waals surface area contributed by atoms with Crippen molar-refractivity contribution in [3.63, 3.8) is 0 Å². The maximum atomic E-state index is 13.8. The Morgan fingerprint density at radius 1 is 1.18 bits per heavy atom. The predicted octanol–water partition coefficient (Wildman–Crippen LogP) is 1.62. The highest BCUT2D eigenvalue weighted by molar-refractivity contribution is 9.10. The Hall–Kier alpha value is -2.75. The Balaban J connectivity index is 1.60. The molecule has 3 aromatic rings. The first kappa shape index (κ1) is 18.6. The maximum Gasteiger partial charge on any atom is 0.332 e. The van der Waals surface area contributed by atoms with Crippen LogP contribution in [0.4, 0.5) is 16.0 Å². The molecule has 1 aliphatic heterocycles. The highest BCUT2D eigenvalue weighted by atomic mass is 79.9. The maximum absolute atomic E-state index is 13.8. The van der Waals surface area contributed by atoms with E-state index in [9.17, 15) is 14.0 Å². The van der Waals surface area contributed by atoms with Gasteiger partial charge >= 0.3 is 5.69 Å². The fraction of sp³-hybridized carbons (Fsp3) is 0.333. The smallest absolute Gasteiger partial charge is 0.332 e. The fourth-order valence-electron chi connectivity index (χ4n) is 3.47. The number of aromatic nitrogens is 4. The van der Waals surface area contributed by atoms with Gasteiger partial charge in [0, 0.05) is 50.7 Å². The van der Waals surface area contributed by atoms with Crippen molar-refractivity contribution < 1.29 is 4.39 Å². The number of benzene rings is 1. The summed E-state index contributed by atoms with van der Waals surface area (Å²) in [5.74, 6) is 0.834. The molecule has 1 fully saturated rings. The zero-order valence-corrected chi connectivity index (χ0v) is 16.9. The van der Waals surface area contributed by atoms with E-state index in [0.29, 0.717) is 34.7 Å². The van der Waals surface area contributed by atoms with Crippen LogP contribution in [-0.2, 0) is 14.1 Å². The lowest BCUT2D eigenvalue weighted by atomic mass is 10.2. The van der Waals surface area contributed by atoms with Crippen LogP contribution in [0.2, 0.25) is 0 Å². The molecule has 1 saturated heterocycles. The lowest BCUT2D eigenvalue weighted by Crippen LogP contribution is -2.40. The summed E-state index contributed by atoms with van der Waals surface area (Å²) in [6.45, 7) is 1.30. The highest BCUT2D eigenvalue weighted by Crippen LogP contribution is 2.28. The van der Waals surface area contributed by atoms with E-state index in [1.807, 2.05) is 4.90 Å². The minimum absolute atomic E-state index is 0.0566. The van der Waals surface area contributed by atoms with Crippen molar-refractivity contribution in [2.24, 2.45) is 14.1 Å². The number of anilines is 2. The molecule has 1 N–H and O–H groups in total. The molecule has 0 bridgehead atoms. The second kappa shape index (κ2) is 7.01. The van der Waals surface area contributed by atoms with Crippen molar-refractivity contribution in [2.45, 2.75) is 12.5 Å². The summed E-state index contributed by atoms with van der Waals surface area (Å²) in [5.41, 5.74) is -0.169. The second-order valence-electron chi connectivity index (χ2n) is 6.82. The summed E-state index contributed by atoms with van der Waals surface area (Å²) in [5, 5.41) is 4.10. The van der Waals surface area contributed by atoms with E-state index < -0.39 is 0 Å². The average Bonchev–Trinajstić information content (AvgIpc) is 3.13. The first-order valence-corrected chi connectivity index (χ1v) is 9.52.